The molecule has 38 heavy (non-hydrogen) atoms. The largest absolute Gasteiger partial charge is 0.463 e. The summed E-state index contributed by atoms with van der Waals surface area (Å²) in [5.41, 5.74) is 1.89. The summed E-state index contributed by atoms with van der Waals surface area (Å²) < 4.78 is 10.9. The van der Waals surface area contributed by atoms with Crippen LogP contribution < -0.4 is 10.6 Å². The Balaban J connectivity index is 1.72. The van der Waals surface area contributed by atoms with Crippen molar-refractivity contribution in [1.29, 1.82) is 0 Å². The van der Waals surface area contributed by atoms with Gasteiger partial charge in [0.05, 0.1) is 37.7 Å². The minimum absolute atomic E-state index is 0.00835. The summed E-state index contributed by atoms with van der Waals surface area (Å²) in [5.74, 6) is -1.68. The van der Waals surface area contributed by atoms with E-state index in [1.807, 2.05) is 72.8 Å². The smallest absolute Gasteiger partial charge is 0.309 e. The van der Waals surface area contributed by atoms with Crippen molar-refractivity contribution >= 4 is 17.8 Å². The third kappa shape index (κ3) is 10.1. The van der Waals surface area contributed by atoms with Crippen LogP contribution in [-0.2, 0) is 30.3 Å². The Hall–Kier alpha value is -3.49. The number of hydrogen-bond donors (Lipinski definition) is 3. The molecule has 8 heteroatoms. The second-order valence-electron chi connectivity index (χ2n) is 9.36. The van der Waals surface area contributed by atoms with Crippen LogP contribution in [0.15, 0.2) is 72.8 Å². The number of ether oxygens (including phenoxy) is 2. The molecule has 1 aliphatic heterocycles. The van der Waals surface area contributed by atoms with E-state index >= 15 is 0 Å². The van der Waals surface area contributed by atoms with Gasteiger partial charge >= 0.3 is 5.97 Å². The third-order valence-electron chi connectivity index (χ3n) is 6.44. The summed E-state index contributed by atoms with van der Waals surface area (Å²) in [4.78, 5) is 39.0. The van der Waals surface area contributed by atoms with Crippen molar-refractivity contribution in [1.82, 2.24) is 10.6 Å². The molecule has 8 nitrogen and oxygen atoms in total. The minimum Gasteiger partial charge on any atom is -0.463 e. The molecule has 0 fully saturated rings. The highest BCUT2D eigenvalue weighted by molar-refractivity contribution is 5.86. The normalized spacial score (nSPS) is 20.8. The van der Waals surface area contributed by atoms with Crippen molar-refractivity contribution in [3.8, 4) is 0 Å². The number of esters is 1. The fourth-order valence-electron chi connectivity index (χ4n) is 4.37. The standard InChI is InChI=1S/C30H38N2O6/c33-17-19-37-18-16-31-28(34)21-25-14-8-3-9-15-26(20-23-10-4-1-5-11-23)30(36)38-22-27(32-29(25)35)24-12-6-2-7-13-24/h1-8,10-13,25-27,33H,9,14-22H2,(H,31,34)(H,32,35). The highest BCUT2D eigenvalue weighted by Gasteiger charge is 2.27. The number of aliphatic hydroxyl groups excluding tert-OH is 1. The maximum absolute atomic E-state index is 13.3. The first kappa shape index (κ1) is 29.1. The van der Waals surface area contributed by atoms with Crippen LogP contribution >= 0.6 is 0 Å². The molecule has 1 aliphatic rings. The van der Waals surface area contributed by atoms with E-state index in [4.69, 9.17) is 14.6 Å². The molecule has 2 aromatic carbocycles. The number of hydrogen-bond acceptors (Lipinski definition) is 6. The van der Waals surface area contributed by atoms with Crippen LogP contribution in [-0.4, -0.2) is 55.9 Å². The average Bonchev–Trinajstić information content (AvgIpc) is 2.95. The van der Waals surface area contributed by atoms with Crippen LogP contribution in [0.3, 0.4) is 0 Å². The number of cyclic esters (lactones) is 1. The number of benzene rings is 2. The third-order valence-corrected chi connectivity index (χ3v) is 6.44. The number of amides is 2. The van der Waals surface area contributed by atoms with Gasteiger partial charge in [0.1, 0.15) is 6.61 Å². The number of rotatable bonds is 10. The quantitative estimate of drug-likeness (QED) is 0.251. The molecule has 0 spiro atoms. The maximum Gasteiger partial charge on any atom is 0.309 e. The predicted octanol–water partition coefficient (Wildman–Crippen LogP) is 3.12. The van der Waals surface area contributed by atoms with E-state index in [2.05, 4.69) is 10.6 Å². The Morgan fingerprint density at radius 3 is 2.47 bits per heavy atom. The predicted molar refractivity (Wildman–Crippen MR) is 144 cm³/mol. The Morgan fingerprint density at radius 2 is 1.74 bits per heavy atom. The van der Waals surface area contributed by atoms with E-state index < -0.39 is 12.0 Å². The Bertz CT molecular complexity index is 1030. The summed E-state index contributed by atoms with van der Waals surface area (Å²) in [5, 5.41) is 14.6. The molecule has 1 heterocycles. The van der Waals surface area contributed by atoms with Gasteiger partial charge in [-0.25, -0.2) is 0 Å². The zero-order valence-electron chi connectivity index (χ0n) is 21.7. The molecule has 0 saturated heterocycles. The van der Waals surface area contributed by atoms with Gasteiger partial charge in [0.2, 0.25) is 11.8 Å². The second-order valence-corrected chi connectivity index (χ2v) is 9.36. The first-order chi connectivity index (χ1) is 18.6. The van der Waals surface area contributed by atoms with Gasteiger partial charge in [-0.05, 0) is 36.8 Å². The number of carbonyl (C=O) groups is 3. The van der Waals surface area contributed by atoms with Gasteiger partial charge in [-0.15, -0.1) is 0 Å². The fourth-order valence-corrected chi connectivity index (χ4v) is 4.37. The van der Waals surface area contributed by atoms with E-state index in [0.29, 0.717) is 32.2 Å². The SMILES string of the molecule is O=C(CC1CC=CCCC(Cc2ccccc2)C(=O)OCC(c2ccccc2)NC1=O)NCCOCCO. The van der Waals surface area contributed by atoms with E-state index in [9.17, 15) is 14.4 Å². The molecule has 204 valence electrons. The van der Waals surface area contributed by atoms with Gasteiger partial charge in [-0.3, -0.25) is 14.4 Å². The van der Waals surface area contributed by atoms with E-state index in [1.165, 1.54) is 0 Å². The monoisotopic (exact) mass is 522 g/mol. The van der Waals surface area contributed by atoms with Crippen LogP contribution in [0, 0.1) is 11.8 Å². The Labute approximate surface area is 224 Å². The fraction of sp³-hybridized carbons (Fsp3) is 0.433. The van der Waals surface area contributed by atoms with E-state index in [1.54, 1.807) is 0 Å². The number of aliphatic hydroxyl groups is 1. The highest BCUT2D eigenvalue weighted by atomic mass is 16.5. The van der Waals surface area contributed by atoms with Crippen LogP contribution in [0.25, 0.3) is 0 Å². The number of allylic oxidation sites excluding steroid dienone is 2. The first-order valence-corrected chi connectivity index (χ1v) is 13.2. The van der Waals surface area contributed by atoms with E-state index in [0.717, 1.165) is 11.1 Å². The molecular weight excluding hydrogens is 484 g/mol. The van der Waals surface area contributed by atoms with Crippen molar-refractivity contribution in [2.75, 3.05) is 33.0 Å². The van der Waals surface area contributed by atoms with Crippen molar-refractivity contribution in [3.05, 3.63) is 83.9 Å². The molecule has 2 amide bonds. The summed E-state index contributed by atoms with van der Waals surface area (Å²) in [6.45, 7) is 0.730. The lowest BCUT2D eigenvalue weighted by molar-refractivity contribution is -0.150. The molecule has 0 radical (unpaired) electrons. The van der Waals surface area contributed by atoms with Gasteiger partial charge in [0.25, 0.3) is 0 Å². The minimum atomic E-state index is -0.576. The lowest BCUT2D eigenvalue weighted by Crippen LogP contribution is -2.39. The van der Waals surface area contributed by atoms with Gasteiger partial charge in [0.15, 0.2) is 0 Å². The topological polar surface area (TPSA) is 114 Å². The Kier molecular flexibility index (Phi) is 12.5. The number of carbonyl (C=O) groups excluding carboxylic acids is 3. The molecule has 0 bridgehead atoms. The maximum atomic E-state index is 13.3. The molecule has 0 aromatic heterocycles. The summed E-state index contributed by atoms with van der Waals surface area (Å²) >= 11 is 0. The van der Waals surface area contributed by atoms with E-state index in [-0.39, 0.29) is 56.5 Å². The molecule has 3 atom stereocenters. The van der Waals surface area contributed by atoms with Crippen molar-refractivity contribution in [2.45, 2.75) is 38.1 Å². The summed E-state index contributed by atoms with van der Waals surface area (Å²) in [6, 6.07) is 18.7. The van der Waals surface area contributed by atoms with Crippen molar-refractivity contribution < 1.29 is 29.0 Å². The van der Waals surface area contributed by atoms with Gasteiger partial charge < -0.3 is 25.2 Å². The number of nitrogens with one attached hydrogen (secondary N) is 2. The van der Waals surface area contributed by atoms with Crippen molar-refractivity contribution in [2.24, 2.45) is 11.8 Å². The van der Waals surface area contributed by atoms with Gasteiger partial charge in [-0.2, -0.15) is 0 Å². The first-order valence-electron chi connectivity index (χ1n) is 13.2. The molecule has 2 aromatic rings. The van der Waals surface area contributed by atoms with Crippen molar-refractivity contribution in [3.63, 3.8) is 0 Å². The lowest BCUT2D eigenvalue weighted by atomic mass is 9.94. The van der Waals surface area contributed by atoms with Crippen LogP contribution in [0.4, 0.5) is 0 Å². The summed E-state index contributed by atoms with van der Waals surface area (Å²) in [6.07, 6.45) is 6.19. The molecule has 3 rings (SSSR count). The zero-order valence-corrected chi connectivity index (χ0v) is 21.7. The zero-order chi connectivity index (χ0) is 27.0. The Morgan fingerprint density at radius 1 is 1.00 bits per heavy atom. The highest BCUT2D eigenvalue weighted by Crippen LogP contribution is 2.21. The van der Waals surface area contributed by atoms with Crippen LogP contribution in [0.5, 0.6) is 0 Å². The molecule has 3 N–H and O–H groups in total. The molecule has 0 saturated carbocycles. The lowest BCUT2D eigenvalue weighted by Gasteiger charge is -2.23. The van der Waals surface area contributed by atoms with Crippen LogP contribution in [0.1, 0.15) is 42.9 Å². The molecule has 3 unspecified atom stereocenters. The second kappa shape index (κ2) is 16.4. The molecule has 0 aliphatic carbocycles. The molecular formula is C30H38N2O6. The van der Waals surface area contributed by atoms with Gasteiger partial charge in [-0.1, -0.05) is 72.8 Å². The van der Waals surface area contributed by atoms with Crippen LogP contribution in [0.2, 0.25) is 0 Å². The summed E-state index contributed by atoms with van der Waals surface area (Å²) in [7, 11) is 0. The van der Waals surface area contributed by atoms with Gasteiger partial charge in [0, 0.05) is 13.0 Å². The average molecular weight is 523 g/mol.